The molecule has 0 bridgehead atoms. The Kier molecular flexibility index (Phi) is 2.70. The molecule has 1 heterocycles. The van der Waals surface area contributed by atoms with Crippen molar-refractivity contribution in [2.45, 2.75) is 6.61 Å². The Morgan fingerprint density at radius 1 is 1.50 bits per heavy atom. The van der Waals surface area contributed by atoms with Gasteiger partial charge in [-0.15, -0.1) is 11.6 Å². The Hall–Kier alpha value is -1.06. The number of rotatable bonds is 2. The van der Waals surface area contributed by atoms with Gasteiger partial charge in [0.15, 0.2) is 12.6 Å². The van der Waals surface area contributed by atoms with Crippen molar-refractivity contribution in [3.8, 4) is 5.75 Å². The quantitative estimate of drug-likeness (QED) is 0.556. The van der Waals surface area contributed by atoms with Crippen LogP contribution in [-0.2, 0) is 11.3 Å². The number of Topliss-reactive ketones (excluding diaryl/α,β-unsaturated/α-hetero) is 1. The van der Waals surface area contributed by atoms with E-state index in [0.717, 1.165) is 5.56 Å². The topological polar surface area (TPSA) is 35.5 Å². The molecule has 0 unspecified atom stereocenters. The second-order valence-electron chi connectivity index (χ2n) is 2.95. The molecule has 0 aliphatic carbocycles. The fraction of sp³-hybridized carbons (Fsp3) is 0.300. The number of hydrogen-bond donors (Lipinski definition) is 0. The van der Waals surface area contributed by atoms with E-state index in [1.165, 1.54) is 0 Å². The molecule has 3 nitrogen and oxygen atoms in total. The van der Waals surface area contributed by atoms with Gasteiger partial charge in [-0.05, 0) is 6.07 Å². The molecule has 0 saturated carbocycles. The molecule has 1 aliphatic heterocycles. The van der Waals surface area contributed by atoms with Gasteiger partial charge in [0.25, 0.3) is 0 Å². The lowest BCUT2D eigenvalue weighted by molar-refractivity contribution is -0.0167. The number of benzene rings is 1. The summed E-state index contributed by atoms with van der Waals surface area (Å²) in [6.07, 6.45) is 0. The molecule has 0 aromatic heterocycles. The summed E-state index contributed by atoms with van der Waals surface area (Å²) in [7, 11) is 0. The van der Waals surface area contributed by atoms with Gasteiger partial charge in [-0.25, -0.2) is 0 Å². The van der Waals surface area contributed by atoms with Gasteiger partial charge in [0, 0.05) is 11.1 Å². The van der Waals surface area contributed by atoms with Crippen LogP contribution in [0.3, 0.4) is 0 Å². The SMILES string of the molecule is O=C(CCl)c1cccc2c1COCO2. The normalized spacial score (nSPS) is 14.4. The van der Waals surface area contributed by atoms with Gasteiger partial charge in [0.2, 0.25) is 0 Å². The van der Waals surface area contributed by atoms with Crippen LogP contribution in [0, 0.1) is 0 Å². The van der Waals surface area contributed by atoms with E-state index in [1.54, 1.807) is 12.1 Å². The summed E-state index contributed by atoms with van der Waals surface area (Å²) in [5.74, 6) is 0.598. The summed E-state index contributed by atoms with van der Waals surface area (Å²) in [5, 5.41) is 0. The summed E-state index contributed by atoms with van der Waals surface area (Å²) >= 11 is 5.50. The van der Waals surface area contributed by atoms with Crippen molar-refractivity contribution >= 4 is 17.4 Å². The molecule has 0 fully saturated rings. The van der Waals surface area contributed by atoms with Crippen LogP contribution in [0.2, 0.25) is 0 Å². The second kappa shape index (κ2) is 3.98. The molecular weight excluding hydrogens is 204 g/mol. The molecule has 0 N–H and O–H groups in total. The van der Waals surface area contributed by atoms with Crippen LogP contribution < -0.4 is 4.74 Å². The van der Waals surface area contributed by atoms with Crippen molar-refractivity contribution in [1.82, 2.24) is 0 Å². The molecule has 0 saturated heterocycles. The van der Waals surface area contributed by atoms with Gasteiger partial charge in [0.05, 0.1) is 12.5 Å². The average molecular weight is 213 g/mol. The minimum atomic E-state index is -0.0994. The lowest BCUT2D eigenvalue weighted by Crippen LogP contribution is -2.15. The van der Waals surface area contributed by atoms with Gasteiger partial charge >= 0.3 is 0 Å². The van der Waals surface area contributed by atoms with Crippen LogP contribution in [0.1, 0.15) is 15.9 Å². The summed E-state index contributed by atoms with van der Waals surface area (Å²) in [6, 6.07) is 5.34. The molecule has 0 atom stereocenters. The maximum absolute atomic E-state index is 11.4. The smallest absolute Gasteiger partial charge is 0.189 e. The first kappa shape index (κ1) is 9.49. The van der Waals surface area contributed by atoms with E-state index in [4.69, 9.17) is 21.1 Å². The van der Waals surface area contributed by atoms with Gasteiger partial charge in [-0.1, -0.05) is 12.1 Å². The number of hydrogen-bond acceptors (Lipinski definition) is 3. The van der Waals surface area contributed by atoms with E-state index in [2.05, 4.69) is 0 Å². The summed E-state index contributed by atoms with van der Waals surface area (Å²) in [4.78, 5) is 11.4. The number of ether oxygens (including phenoxy) is 2. The van der Waals surface area contributed by atoms with Crippen molar-refractivity contribution < 1.29 is 14.3 Å². The Morgan fingerprint density at radius 3 is 3.14 bits per heavy atom. The largest absolute Gasteiger partial charge is 0.467 e. The van der Waals surface area contributed by atoms with Gasteiger partial charge < -0.3 is 9.47 Å². The van der Waals surface area contributed by atoms with Crippen molar-refractivity contribution in [3.05, 3.63) is 29.3 Å². The highest BCUT2D eigenvalue weighted by atomic mass is 35.5. The molecule has 0 spiro atoms. The van der Waals surface area contributed by atoms with Crippen LogP contribution in [0.25, 0.3) is 0 Å². The van der Waals surface area contributed by atoms with Crippen molar-refractivity contribution in [2.24, 2.45) is 0 Å². The van der Waals surface area contributed by atoms with Crippen LogP contribution in [0.4, 0.5) is 0 Å². The number of ketones is 1. The molecule has 1 aliphatic rings. The number of fused-ring (bicyclic) bond motifs is 1. The van der Waals surface area contributed by atoms with E-state index < -0.39 is 0 Å². The molecular formula is C10H9ClO3. The summed E-state index contributed by atoms with van der Waals surface area (Å²) < 4.78 is 10.4. The first-order valence-electron chi connectivity index (χ1n) is 4.24. The van der Waals surface area contributed by atoms with E-state index in [0.29, 0.717) is 17.9 Å². The Morgan fingerprint density at radius 2 is 2.36 bits per heavy atom. The minimum Gasteiger partial charge on any atom is -0.467 e. The molecule has 2 rings (SSSR count). The predicted molar refractivity (Wildman–Crippen MR) is 51.8 cm³/mol. The molecule has 1 aromatic carbocycles. The standard InChI is InChI=1S/C10H9ClO3/c11-4-9(12)7-2-1-3-10-8(7)5-13-6-14-10/h1-3H,4-6H2. The number of carbonyl (C=O) groups is 1. The van der Waals surface area contributed by atoms with Crippen LogP contribution in [-0.4, -0.2) is 18.5 Å². The van der Waals surface area contributed by atoms with E-state index in [1.807, 2.05) is 6.07 Å². The lowest BCUT2D eigenvalue weighted by atomic mass is 10.0. The van der Waals surface area contributed by atoms with E-state index >= 15 is 0 Å². The predicted octanol–water partition coefficient (Wildman–Crippen LogP) is 1.97. The molecule has 74 valence electrons. The maximum Gasteiger partial charge on any atom is 0.189 e. The van der Waals surface area contributed by atoms with Crippen LogP contribution in [0.15, 0.2) is 18.2 Å². The number of alkyl halides is 1. The molecule has 1 aromatic rings. The summed E-state index contributed by atoms with van der Waals surface area (Å²) in [5.41, 5.74) is 1.39. The Bertz CT molecular complexity index is 362. The summed E-state index contributed by atoms with van der Waals surface area (Å²) in [6.45, 7) is 0.652. The zero-order valence-corrected chi connectivity index (χ0v) is 8.21. The molecule has 0 radical (unpaired) electrons. The number of halogens is 1. The van der Waals surface area contributed by atoms with Crippen LogP contribution >= 0.6 is 11.6 Å². The highest BCUT2D eigenvalue weighted by Crippen LogP contribution is 2.27. The lowest BCUT2D eigenvalue weighted by Gasteiger charge is -2.19. The average Bonchev–Trinajstić information content (AvgIpc) is 2.27. The first-order chi connectivity index (χ1) is 6.83. The fourth-order valence-electron chi connectivity index (χ4n) is 1.43. The van der Waals surface area contributed by atoms with Crippen LogP contribution in [0.5, 0.6) is 5.75 Å². The third-order valence-electron chi connectivity index (χ3n) is 2.10. The maximum atomic E-state index is 11.4. The van der Waals surface area contributed by atoms with Gasteiger partial charge in [-0.2, -0.15) is 0 Å². The zero-order valence-electron chi connectivity index (χ0n) is 7.46. The zero-order chi connectivity index (χ0) is 9.97. The highest BCUT2D eigenvalue weighted by Gasteiger charge is 2.17. The van der Waals surface area contributed by atoms with E-state index in [9.17, 15) is 4.79 Å². The van der Waals surface area contributed by atoms with Gasteiger partial charge in [0.1, 0.15) is 5.75 Å². The number of carbonyl (C=O) groups excluding carboxylic acids is 1. The first-order valence-corrected chi connectivity index (χ1v) is 4.78. The molecule has 14 heavy (non-hydrogen) atoms. The third-order valence-corrected chi connectivity index (χ3v) is 2.34. The van der Waals surface area contributed by atoms with Gasteiger partial charge in [-0.3, -0.25) is 4.79 Å². The van der Waals surface area contributed by atoms with E-state index in [-0.39, 0.29) is 18.5 Å². The Balaban J connectivity index is 2.45. The third kappa shape index (κ3) is 1.61. The minimum absolute atomic E-state index is 0.0174. The van der Waals surface area contributed by atoms with Crippen molar-refractivity contribution in [1.29, 1.82) is 0 Å². The fourth-order valence-corrected chi connectivity index (χ4v) is 1.58. The second-order valence-corrected chi connectivity index (χ2v) is 3.22. The molecule has 0 amide bonds. The Labute approximate surface area is 86.6 Å². The molecule has 4 heteroatoms. The van der Waals surface area contributed by atoms with Crippen molar-refractivity contribution in [3.63, 3.8) is 0 Å². The highest BCUT2D eigenvalue weighted by molar-refractivity contribution is 6.30. The monoisotopic (exact) mass is 212 g/mol. The van der Waals surface area contributed by atoms with Crippen molar-refractivity contribution in [2.75, 3.05) is 12.7 Å².